The van der Waals surface area contributed by atoms with Crippen molar-refractivity contribution < 1.29 is 125 Å². The Morgan fingerprint density at radius 1 is 0.562 bits per heavy atom. The fourth-order valence-corrected chi connectivity index (χ4v) is 14.8. The molecule has 0 saturated heterocycles. The van der Waals surface area contributed by atoms with Crippen molar-refractivity contribution >= 4 is 70.8 Å². The van der Waals surface area contributed by atoms with Crippen LogP contribution in [0.25, 0.3) is 11.1 Å². The molecule has 0 aliphatic carbocycles. The molecule has 10 unspecified atom stereocenters. The first-order chi connectivity index (χ1) is 68.9. The smallest absolute Gasteiger partial charge is 0.305 e. The number of ether oxygens (including phenoxy) is 9. The molecule has 4 aromatic carbocycles. The van der Waals surface area contributed by atoms with Crippen LogP contribution in [-0.2, 0) is 147 Å². The number of hydrogen-bond donors (Lipinski definition) is 17. The molecule has 7 aromatic rings. The first kappa shape index (κ1) is 118. The van der Waals surface area contributed by atoms with Gasteiger partial charge in [0, 0.05) is 76.1 Å². The van der Waals surface area contributed by atoms with Gasteiger partial charge in [-0.3, -0.25) is 62.2 Å². The molecule has 0 spiro atoms. The largest absolute Gasteiger partial charge is 0.494 e. The summed E-state index contributed by atoms with van der Waals surface area (Å²) >= 11 is 0. The third kappa shape index (κ3) is 43.1. The molecule has 0 bridgehead atoms. The fraction of sp³-hybridized carbons (Fsp3) is 0.571. The van der Waals surface area contributed by atoms with E-state index >= 15 is 4.39 Å². The molecule has 10 atom stereocenters. The molecule has 144 heavy (non-hydrogen) atoms. The molecule has 3 aromatic heterocycles. The molecule has 10 amide bonds. The number of H-pyrrole nitrogens is 2. The number of ketones is 1. The van der Waals surface area contributed by atoms with Gasteiger partial charge in [-0.25, -0.2) is 9.37 Å². The number of tetrazole rings is 1. The van der Waals surface area contributed by atoms with Crippen LogP contribution in [-0.4, -0.2) is 328 Å². The number of aliphatic hydroxyl groups excluding tert-OH is 3. The van der Waals surface area contributed by atoms with Gasteiger partial charge in [-0.2, -0.15) is 5.21 Å². The number of hydrogen-bond acceptors (Lipinski definition) is 31. The number of carbonyl (C=O) groups is 12. The minimum Gasteiger partial charge on any atom is -0.494 e. The molecular formula is C98H143FN20O25. The van der Waals surface area contributed by atoms with Crippen molar-refractivity contribution in [3.8, 4) is 16.9 Å². The number of carbonyl (C=O) groups excluding carboxylic acids is 11. The highest BCUT2D eigenvalue weighted by molar-refractivity contribution is 6.06. The molecule has 45 nitrogen and oxygen atoms in total. The van der Waals surface area contributed by atoms with Gasteiger partial charge in [-0.05, 0) is 139 Å². The van der Waals surface area contributed by atoms with Gasteiger partial charge in [0.2, 0.25) is 59.1 Å². The lowest BCUT2D eigenvalue weighted by atomic mass is 9.89. The standard InChI is InChI=1S/C98H143FN20O25/c1-11-69-53-74(144-33-15-14-32-119-58-73(113-118-119)60-143-48-47-142-46-45-141-44-43-140-42-41-139-40-39-138-38-37-137-36-35-136-34-31-102-62(2)3)25-26-75(69)70-23-21-67(22-24-70)52-79(89(128)105-77(88(100)127)20-16-17-68-50-63(4)49-64(5)51-68)106-90(129)80(55-85(125)126)107-91(130)81(59-120)108-92(131)86(65(6)121)111-96(135)98(10,56-71-18-12-13-19-76(71)99)112-93(132)87(66(7)122)110-84(124)28-27-82(123)78(54-83-114-116-117-115-83)109-95(134)97(8,9)94(133)103-30-29-72-57-101-61-104-72/h12-13,18-19,21-26,49-51,53,57-58,61-62,65-66,77-81,86-87,102,120-122H,11,14-17,20,27-48,52,54-56,59-60H2,1-10H3,(H2,100,127)(H,101,104)(H,103,133)(H,105,128)(H,106,129)(H,107,130)(H,108,131)(H,109,134)(H,110,124)(H,111,135)(H,112,132)(H,125,126)(H,114,115,116,117). The molecule has 0 aliphatic heterocycles. The molecule has 792 valence electrons. The zero-order chi connectivity index (χ0) is 105. The summed E-state index contributed by atoms with van der Waals surface area (Å²) in [5.74, 6) is -13.8. The molecular weight excluding hydrogens is 1880 g/mol. The van der Waals surface area contributed by atoms with Gasteiger partial charge in [-0.15, -0.1) is 15.3 Å². The maximum Gasteiger partial charge on any atom is 0.305 e. The predicted octanol–water partition coefficient (Wildman–Crippen LogP) is 0.757. The number of carboxylic acids is 1. The summed E-state index contributed by atoms with van der Waals surface area (Å²) in [5.41, 5.74) is 8.98. The van der Waals surface area contributed by atoms with E-state index in [0.717, 1.165) is 73.2 Å². The monoisotopic (exact) mass is 2020 g/mol. The molecule has 18 N–H and O–H groups in total. The number of aromatic nitrogens is 9. The number of aliphatic carboxylic acids is 1. The lowest BCUT2D eigenvalue weighted by molar-refractivity contribution is -0.143. The number of benzene rings is 4. The average molecular weight is 2020 g/mol. The summed E-state index contributed by atoms with van der Waals surface area (Å²) < 4.78 is 68.2. The molecule has 0 fully saturated rings. The Bertz CT molecular complexity index is 5110. The van der Waals surface area contributed by atoms with Gasteiger partial charge >= 0.3 is 5.97 Å². The van der Waals surface area contributed by atoms with E-state index in [4.69, 9.17) is 48.4 Å². The molecule has 3 heterocycles. The van der Waals surface area contributed by atoms with E-state index in [0.29, 0.717) is 173 Å². The summed E-state index contributed by atoms with van der Waals surface area (Å²) in [7, 11) is 0. The first-order valence-corrected chi connectivity index (χ1v) is 48.3. The van der Waals surface area contributed by atoms with Crippen LogP contribution in [0.3, 0.4) is 0 Å². The van der Waals surface area contributed by atoms with Gasteiger partial charge in [0.05, 0.1) is 156 Å². The van der Waals surface area contributed by atoms with Gasteiger partial charge in [0.1, 0.15) is 64.5 Å². The Labute approximate surface area is 836 Å². The van der Waals surface area contributed by atoms with Gasteiger partial charge in [0.25, 0.3) is 0 Å². The number of aromatic amines is 2. The number of aryl methyl sites for hydroxylation is 5. The van der Waals surface area contributed by atoms with E-state index in [1.165, 1.54) is 38.4 Å². The lowest BCUT2D eigenvalue weighted by Gasteiger charge is -2.34. The molecule has 46 heteroatoms. The summed E-state index contributed by atoms with van der Waals surface area (Å²) in [6.07, 6.45) is 0.675. The number of aliphatic hydroxyl groups is 3. The zero-order valence-corrected chi connectivity index (χ0v) is 83.6. The highest BCUT2D eigenvalue weighted by atomic mass is 19.1. The van der Waals surface area contributed by atoms with E-state index in [1.54, 1.807) is 35.1 Å². The Morgan fingerprint density at radius 2 is 1.15 bits per heavy atom. The van der Waals surface area contributed by atoms with Crippen LogP contribution >= 0.6 is 0 Å². The number of Topliss-reactive ketones (excluding diaryl/α,β-unsaturated/α-hetero) is 1. The minimum atomic E-state index is -2.40. The third-order valence-electron chi connectivity index (χ3n) is 22.8. The van der Waals surface area contributed by atoms with Crippen molar-refractivity contribution in [2.24, 2.45) is 11.1 Å². The number of amides is 10. The Balaban J connectivity index is 0.917. The van der Waals surface area contributed by atoms with Crippen LogP contribution in [0.4, 0.5) is 4.39 Å². The maximum atomic E-state index is 15.6. The van der Waals surface area contributed by atoms with E-state index in [-0.39, 0.29) is 43.8 Å². The average Bonchev–Trinajstić information content (AvgIpc) is 0.953. The summed E-state index contributed by atoms with van der Waals surface area (Å²) in [5, 5.41) is 90.1. The van der Waals surface area contributed by atoms with E-state index in [9.17, 15) is 78.0 Å². The van der Waals surface area contributed by atoms with Crippen LogP contribution in [0.15, 0.2) is 104 Å². The van der Waals surface area contributed by atoms with Gasteiger partial charge in [0.15, 0.2) is 11.6 Å². The number of imidazole rings is 1. The lowest BCUT2D eigenvalue weighted by Crippen LogP contribution is -2.66. The predicted molar refractivity (Wildman–Crippen MR) is 520 cm³/mol. The third-order valence-corrected chi connectivity index (χ3v) is 22.8. The second kappa shape index (κ2) is 63.5. The number of rotatable bonds is 74. The summed E-state index contributed by atoms with van der Waals surface area (Å²) in [4.78, 5) is 175. The highest BCUT2D eigenvalue weighted by Gasteiger charge is 2.44. The topological polar surface area (TPSA) is 629 Å². The van der Waals surface area contributed by atoms with E-state index < -0.39 is 174 Å². The van der Waals surface area contributed by atoms with Crippen molar-refractivity contribution in [3.63, 3.8) is 0 Å². The van der Waals surface area contributed by atoms with Crippen molar-refractivity contribution in [3.05, 3.63) is 160 Å². The number of unbranched alkanes of at least 4 members (excludes halogenated alkanes) is 1. The van der Waals surface area contributed by atoms with Crippen molar-refractivity contribution in [2.75, 3.05) is 125 Å². The summed E-state index contributed by atoms with van der Waals surface area (Å²) in [6.45, 7) is 23.8. The minimum absolute atomic E-state index is 0.0302. The second-order valence-corrected chi connectivity index (χ2v) is 35.7. The van der Waals surface area contributed by atoms with E-state index in [2.05, 4.69) is 108 Å². The van der Waals surface area contributed by atoms with Crippen molar-refractivity contribution in [1.29, 1.82) is 0 Å². The van der Waals surface area contributed by atoms with E-state index in [1.807, 2.05) is 63.4 Å². The Morgan fingerprint density at radius 3 is 1.73 bits per heavy atom. The first-order valence-electron chi connectivity index (χ1n) is 48.3. The van der Waals surface area contributed by atoms with Crippen LogP contribution < -0.4 is 63.6 Å². The number of primary amides is 1. The quantitative estimate of drug-likeness (QED) is 0.0185. The SMILES string of the molecule is CCc1cc(OCCCCn2cc(COCCOCCOCCOCCOCCOCCOCCOCCNC(C)C)nn2)ccc1-c1ccc(CC(NC(=O)C(CC(=O)O)NC(=O)C(CO)NC(=O)C(NC(=O)C(C)(Cc2ccccc2F)NC(=O)C(NC(=O)CCC(=O)C(Cc2nn[nH]n2)NC(=O)C(C)(C)C(=O)NCCc2cnc[nH]2)C(C)O)C(C)O)C(=O)NC(CCCc2cc(C)cc(C)c2)C(N)=O)cc1. The number of nitrogens with two attached hydrogens (primary N) is 1. The maximum absolute atomic E-state index is 15.6. The van der Waals surface area contributed by atoms with Gasteiger partial charge < -0.3 is 127 Å². The van der Waals surface area contributed by atoms with Crippen LogP contribution in [0.2, 0.25) is 0 Å². The number of nitrogens with one attached hydrogen (secondary N) is 12. The molecule has 0 aliphatic rings. The van der Waals surface area contributed by atoms with Crippen molar-refractivity contribution in [1.82, 2.24) is 98.8 Å². The number of halogens is 1. The summed E-state index contributed by atoms with van der Waals surface area (Å²) in [6, 6.07) is 11.6. The molecule has 0 saturated carbocycles. The molecule has 7 rings (SSSR count). The number of carboxylic acid groups (broad SMARTS) is 1. The highest BCUT2D eigenvalue weighted by Crippen LogP contribution is 2.30. The van der Waals surface area contributed by atoms with Crippen LogP contribution in [0.5, 0.6) is 5.75 Å². The number of nitrogens with zero attached hydrogens (tertiary/aromatic N) is 7. The Hall–Kier alpha value is -12.6. The fourth-order valence-electron chi connectivity index (χ4n) is 14.8. The van der Waals surface area contributed by atoms with Crippen LogP contribution in [0, 0.1) is 25.1 Å². The van der Waals surface area contributed by atoms with Crippen molar-refractivity contribution in [2.45, 2.75) is 232 Å². The van der Waals surface area contributed by atoms with Gasteiger partial charge in [-0.1, -0.05) is 109 Å². The second-order valence-electron chi connectivity index (χ2n) is 35.7. The normalized spacial score (nSPS) is 13.8. The Kier molecular flexibility index (Phi) is 52.2. The van der Waals surface area contributed by atoms with Crippen LogP contribution in [0.1, 0.15) is 151 Å². The molecule has 0 radical (unpaired) electrons. The zero-order valence-electron chi connectivity index (χ0n) is 83.6.